The second-order valence-electron chi connectivity index (χ2n) is 7.87. The lowest BCUT2D eigenvalue weighted by atomic mass is 9.79. The zero-order valence-electron chi connectivity index (χ0n) is 15.3. The zero-order chi connectivity index (χ0) is 18.5. The molecule has 1 aliphatic heterocycles. The Bertz CT molecular complexity index is 613. The Morgan fingerprint density at radius 2 is 1.81 bits per heavy atom. The SMILES string of the molecule is N[C@H](CCc1ccccc1)C(=O)N1C[C@@H](C2CCCCC2)C[C@H]1C(=O)O. The summed E-state index contributed by atoms with van der Waals surface area (Å²) in [4.78, 5) is 26.1. The summed E-state index contributed by atoms with van der Waals surface area (Å²) in [7, 11) is 0. The number of aryl methyl sites for hydroxylation is 1. The molecule has 0 unspecified atom stereocenters. The minimum atomic E-state index is -0.896. The number of carbonyl (C=O) groups excluding carboxylic acids is 1. The first-order valence-corrected chi connectivity index (χ1v) is 9.89. The van der Waals surface area contributed by atoms with Crippen molar-refractivity contribution >= 4 is 11.9 Å². The van der Waals surface area contributed by atoms with Crippen LogP contribution in [0.4, 0.5) is 0 Å². The molecule has 142 valence electrons. The Kier molecular flexibility index (Phi) is 6.30. The number of carboxylic acid groups (broad SMARTS) is 1. The van der Waals surface area contributed by atoms with E-state index in [0.29, 0.717) is 31.2 Å². The van der Waals surface area contributed by atoms with Gasteiger partial charge in [-0.3, -0.25) is 4.79 Å². The highest BCUT2D eigenvalue weighted by Gasteiger charge is 2.43. The van der Waals surface area contributed by atoms with Gasteiger partial charge in [-0.25, -0.2) is 4.79 Å². The number of amides is 1. The summed E-state index contributed by atoms with van der Waals surface area (Å²) in [5.74, 6) is -0.232. The summed E-state index contributed by atoms with van der Waals surface area (Å²) in [5, 5.41) is 9.60. The molecule has 0 bridgehead atoms. The normalized spacial score (nSPS) is 25.2. The standard InChI is InChI=1S/C21H30N2O3/c22-18(12-11-15-7-3-1-4-8-15)20(24)23-14-17(13-19(23)21(25)26)16-9-5-2-6-10-16/h1,3-4,7-8,16-19H,2,5-6,9-14,22H2,(H,25,26)/t17-,18+,19-/m0/s1. The molecule has 26 heavy (non-hydrogen) atoms. The maximum absolute atomic E-state index is 12.8. The van der Waals surface area contributed by atoms with E-state index < -0.39 is 18.1 Å². The molecule has 3 N–H and O–H groups in total. The van der Waals surface area contributed by atoms with Crippen LogP contribution in [0.5, 0.6) is 0 Å². The van der Waals surface area contributed by atoms with E-state index in [1.807, 2.05) is 30.3 Å². The number of nitrogens with zero attached hydrogens (tertiary/aromatic N) is 1. The van der Waals surface area contributed by atoms with Gasteiger partial charge >= 0.3 is 5.97 Å². The summed E-state index contributed by atoms with van der Waals surface area (Å²) in [6.45, 7) is 0.555. The minimum absolute atomic E-state index is 0.202. The fraction of sp³-hybridized carbons (Fsp3) is 0.619. The van der Waals surface area contributed by atoms with Crippen molar-refractivity contribution in [2.24, 2.45) is 17.6 Å². The van der Waals surface area contributed by atoms with Crippen LogP contribution in [-0.4, -0.2) is 40.5 Å². The number of benzene rings is 1. The highest BCUT2D eigenvalue weighted by molar-refractivity contribution is 5.87. The van der Waals surface area contributed by atoms with Crippen LogP contribution in [0.2, 0.25) is 0 Å². The first kappa shape index (κ1) is 18.9. The summed E-state index contributed by atoms with van der Waals surface area (Å²) >= 11 is 0. The maximum atomic E-state index is 12.8. The first-order valence-electron chi connectivity index (χ1n) is 9.89. The van der Waals surface area contributed by atoms with Crippen molar-refractivity contribution in [3.63, 3.8) is 0 Å². The molecular formula is C21H30N2O3. The first-order chi connectivity index (χ1) is 12.6. The molecule has 1 aromatic rings. The van der Waals surface area contributed by atoms with E-state index in [4.69, 9.17) is 5.73 Å². The van der Waals surface area contributed by atoms with Crippen LogP contribution in [0.1, 0.15) is 50.5 Å². The monoisotopic (exact) mass is 358 g/mol. The Morgan fingerprint density at radius 3 is 2.46 bits per heavy atom. The second-order valence-corrected chi connectivity index (χ2v) is 7.87. The van der Waals surface area contributed by atoms with Crippen molar-refractivity contribution in [1.29, 1.82) is 0 Å². The molecule has 3 atom stereocenters. The molecule has 0 aromatic heterocycles. The van der Waals surface area contributed by atoms with Gasteiger partial charge in [0.2, 0.25) is 5.91 Å². The van der Waals surface area contributed by atoms with Crippen molar-refractivity contribution in [2.45, 2.75) is 63.5 Å². The van der Waals surface area contributed by atoms with Gasteiger partial charge in [0, 0.05) is 6.54 Å². The van der Waals surface area contributed by atoms with Crippen molar-refractivity contribution in [3.8, 4) is 0 Å². The van der Waals surface area contributed by atoms with Gasteiger partial charge in [-0.2, -0.15) is 0 Å². The number of hydrogen-bond acceptors (Lipinski definition) is 3. The van der Waals surface area contributed by atoms with Crippen LogP contribution in [-0.2, 0) is 16.0 Å². The van der Waals surface area contributed by atoms with Crippen LogP contribution in [0.15, 0.2) is 30.3 Å². The fourth-order valence-electron chi connectivity index (χ4n) is 4.60. The lowest BCUT2D eigenvalue weighted by molar-refractivity contribution is -0.148. The number of nitrogens with two attached hydrogens (primary N) is 1. The summed E-state index contributed by atoms with van der Waals surface area (Å²) < 4.78 is 0. The van der Waals surface area contributed by atoms with Gasteiger partial charge in [0.15, 0.2) is 0 Å². The van der Waals surface area contributed by atoms with Crippen LogP contribution in [0, 0.1) is 11.8 Å². The van der Waals surface area contributed by atoms with Crippen molar-refractivity contribution in [3.05, 3.63) is 35.9 Å². The highest BCUT2D eigenvalue weighted by atomic mass is 16.4. The summed E-state index contributed by atoms with van der Waals surface area (Å²) in [6, 6.07) is 8.59. The lowest BCUT2D eigenvalue weighted by Gasteiger charge is -2.28. The maximum Gasteiger partial charge on any atom is 0.326 e. The van der Waals surface area contributed by atoms with Gasteiger partial charge < -0.3 is 15.7 Å². The number of carbonyl (C=O) groups is 2. The predicted octanol–water partition coefficient (Wildman–Crippen LogP) is 2.83. The van der Waals surface area contributed by atoms with E-state index in [9.17, 15) is 14.7 Å². The number of hydrogen-bond donors (Lipinski definition) is 2. The smallest absolute Gasteiger partial charge is 0.326 e. The lowest BCUT2D eigenvalue weighted by Crippen LogP contribution is -2.48. The van der Waals surface area contributed by atoms with E-state index in [1.165, 1.54) is 32.1 Å². The molecule has 1 amide bonds. The highest BCUT2D eigenvalue weighted by Crippen LogP contribution is 2.37. The Labute approximate surface area is 155 Å². The number of rotatable bonds is 6. The van der Waals surface area contributed by atoms with Crippen molar-refractivity contribution in [2.75, 3.05) is 6.54 Å². The molecule has 2 aliphatic rings. The van der Waals surface area contributed by atoms with E-state index >= 15 is 0 Å². The molecule has 1 saturated carbocycles. The van der Waals surface area contributed by atoms with Crippen LogP contribution >= 0.6 is 0 Å². The fourth-order valence-corrected chi connectivity index (χ4v) is 4.60. The van der Waals surface area contributed by atoms with Gasteiger partial charge in [0.1, 0.15) is 6.04 Å². The van der Waals surface area contributed by atoms with E-state index in [1.54, 1.807) is 4.90 Å². The largest absolute Gasteiger partial charge is 0.480 e. The summed E-state index contributed by atoms with van der Waals surface area (Å²) in [6.07, 6.45) is 7.91. The molecular weight excluding hydrogens is 328 g/mol. The average Bonchev–Trinajstić information content (AvgIpc) is 3.13. The number of aliphatic carboxylic acids is 1. The van der Waals surface area contributed by atoms with Crippen molar-refractivity contribution in [1.82, 2.24) is 4.90 Å². The summed E-state index contributed by atoms with van der Waals surface area (Å²) in [5.41, 5.74) is 7.29. The quantitative estimate of drug-likeness (QED) is 0.819. The van der Waals surface area contributed by atoms with Gasteiger partial charge in [0.25, 0.3) is 0 Å². The molecule has 0 radical (unpaired) electrons. The minimum Gasteiger partial charge on any atom is -0.480 e. The third kappa shape index (κ3) is 4.44. The van der Waals surface area contributed by atoms with E-state index in [0.717, 1.165) is 12.0 Å². The molecule has 0 spiro atoms. The van der Waals surface area contributed by atoms with Gasteiger partial charge in [-0.15, -0.1) is 0 Å². The van der Waals surface area contributed by atoms with Gasteiger partial charge in [-0.1, -0.05) is 62.4 Å². The second kappa shape index (κ2) is 8.67. The number of carboxylic acids is 1. The van der Waals surface area contributed by atoms with E-state index in [-0.39, 0.29) is 5.91 Å². The topological polar surface area (TPSA) is 83.6 Å². The molecule has 5 heteroatoms. The third-order valence-electron chi connectivity index (χ3n) is 6.12. The van der Waals surface area contributed by atoms with Gasteiger partial charge in [-0.05, 0) is 36.7 Å². The number of likely N-dealkylation sites (tertiary alicyclic amines) is 1. The average molecular weight is 358 g/mol. The molecule has 2 fully saturated rings. The Morgan fingerprint density at radius 1 is 1.12 bits per heavy atom. The molecule has 1 heterocycles. The van der Waals surface area contributed by atoms with E-state index in [2.05, 4.69) is 0 Å². The third-order valence-corrected chi connectivity index (χ3v) is 6.12. The van der Waals surface area contributed by atoms with Crippen LogP contribution in [0.25, 0.3) is 0 Å². The zero-order valence-corrected chi connectivity index (χ0v) is 15.3. The molecule has 1 aromatic carbocycles. The predicted molar refractivity (Wildman–Crippen MR) is 101 cm³/mol. The Hall–Kier alpha value is -1.88. The van der Waals surface area contributed by atoms with Crippen LogP contribution in [0.3, 0.4) is 0 Å². The van der Waals surface area contributed by atoms with Gasteiger partial charge in [0.05, 0.1) is 6.04 Å². The molecule has 5 nitrogen and oxygen atoms in total. The molecule has 1 aliphatic carbocycles. The van der Waals surface area contributed by atoms with Crippen LogP contribution < -0.4 is 5.73 Å². The molecule has 3 rings (SSSR count). The molecule has 1 saturated heterocycles. The van der Waals surface area contributed by atoms with Crippen molar-refractivity contribution < 1.29 is 14.7 Å². The Balaban J connectivity index is 1.60.